The lowest BCUT2D eigenvalue weighted by Gasteiger charge is -2.44. The average molecular weight is 263 g/mol. The zero-order chi connectivity index (χ0) is 13.7. The van der Waals surface area contributed by atoms with Crippen molar-refractivity contribution in [3.63, 3.8) is 0 Å². The average Bonchev–Trinajstić information content (AvgIpc) is 2.49. The number of ether oxygens (including phenoxy) is 2. The fraction of sp³-hybridized carbons (Fsp3) is 0.625. The molecule has 2 atom stereocenters. The van der Waals surface area contributed by atoms with Crippen LogP contribution in [0.2, 0.25) is 0 Å². The van der Waals surface area contributed by atoms with Crippen molar-refractivity contribution in [3.05, 3.63) is 35.9 Å². The van der Waals surface area contributed by atoms with E-state index in [4.69, 9.17) is 15.2 Å². The van der Waals surface area contributed by atoms with Crippen LogP contribution in [0.25, 0.3) is 0 Å². The van der Waals surface area contributed by atoms with Gasteiger partial charge in [-0.25, -0.2) is 0 Å². The zero-order valence-electron chi connectivity index (χ0n) is 12.0. The first kappa shape index (κ1) is 14.5. The summed E-state index contributed by atoms with van der Waals surface area (Å²) in [6.07, 6.45) is 4.07. The van der Waals surface area contributed by atoms with Crippen molar-refractivity contribution in [3.8, 4) is 0 Å². The Bertz CT molecular complexity index is 376. The minimum Gasteiger partial charge on any atom is -0.353 e. The van der Waals surface area contributed by atoms with Crippen molar-refractivity contribution >= 4 is 0 Å². The second-order valence-electron chi connectivity index (χ2n) is 5.38. The van der Waals surface area contributed by atoms with E-state index in [0.717, 1.165) is 25.7 Å². The standard InChI is InChI=1S/C16H25NO2/c1-18-16(19-2)10-8-14(12-15(16)9-11-17)13-6-4-3-5-7-13/h3-7,14-15H,8-12,17H2,1-2H3. The van der Waals surface area contributed by atoms with Gasteiger partial charge in [0.15, 0.2) is 5.79 Å². The Balaban J connectivity index is 2.14. The van der Waals surface area contributed by atoms with E-state index < -0.39 is 5.79 Å². The second kappa shape index (κ2) is 6.51. The van der Waals surface area contributed by atoms with E-state index in [1.165, 1.54) is 5.56 Å². The molecular formula is C16H25NO2. The van der Waals surface area contributed by atoms with E-state index in [2.05, 4.69) is 30.3 Å². The summed E-state index contributed by atoms with van der Waals surface area (Å²) in [4.78, 5) is 0. The Labute approximate surface area is 116 Å². The van der Waals surface area contributed by atoms with Gasteiger partial charge in [-0.3, -0.25) is 0 Å². The molecule has 1 aliphatic rings. The summed E-state index contributed by atoms with van der Waals surface area (Å²) in [5.74, 6) is 0.521. The maximum atomic E-state index is 5.76. The van der Waals surface area contributed by atoms with Crippen LogP contribution in [-0.2, 0) is 9.47 Å². The highest BCUT2D eigenvalue weighted by Crippen LogP contribution is 2.45. The highest BCUT2D eigenvalue weighted by molar-refractivity contribution is 5.20. The summed E-state index contributed by atoms with van der Waals surface area (Å²) >= 11 is 0. The highest BCUT2D eigenvalue weighted by atomic mass is 16.7. The summed E-state index contributed by atoms with van der Waals surface area (Å²) in [6.45, 7) is 0.681. The molecule has 3 heteroatoms. The first-order valence-electron chi connectivity index (χ1n) is 7.11. The van der Waals surface area contributed by atoms with Crippen LogP contribution in [0.5, 0.6) is 0 Å². The smallest absolute Gasteiger partial charge is 0.170 e. The SMILES string of the molecule is COC1(OC)CCC(c2ccccc2)CC1CCN. The van der Waals surface area contributed by atoms with Gasteiger partial charge in [-0.2, -0.15) is 0 Å². The summed E-state index contributed by atoms with van der Waals surface area (Å²) in [7, 11) is 3.49. The third kappa shape index (κ3) is 2.99. The minimum atomic E-state index is -0.440. The zero-order valence-corrected chi connectivity index (χ0v) is 12.0. The van der Waals surface area contributed by atoms with E-state index in [-0.39, 0.29) is 0 Å². The number of hydrogen-bond acceptors (Lipinski definition) is 3. The predicted octanol–water partition coefficient (Wildman–Crippen LogP) is 2.91. The molecule has 106 valence electrons. The van der Waals surface area contributed by atoms with Crippen molar-refractivity contribution in [1.29, 1.82) is 0 Å². The lowest BCUT2D eigenvalue weighted by molar-refractivity contribution is -0.256. The van der Waals surface area contributed by atoms with Gasteiger partial charge in [0.1, 0.15) is 0 Å². The van der Waals surface area contributed by atoms with Gasteiger partial charge in [0.05, 0.1) is 0 Å². The molecule has 0 radical (unpaired) electrons. The molecule has 0 aromatic heterocycles. The fourth-order valence-electron chi connectivity index (χ4n) is 3.41. The van der Waals surface area contributed by atoms with Crippen molar-refractivity contribution in [2.24, 2.45) is 11.7 Å². The third-order valence-electron chi connectivity index (χ3n) is 4.51. The third-order valence-corrected chi connectivity index (χ3v) is 4.51. The maximum absolute atomic E-state index is 5.76. The number of nitrogens with two attached hydrogens (primary N) is 1. The van der Waals surface area contributed by atoms with Gasteiger partial charge in [0, 0.05) is 26.6 Å². The summed E-state index contributed by atoms with van der Waals surface area (Å²) in [5, 5.41) is 0. The maximum Gasteiger partial charge on any atom is 0.170 e. The van der Waals surface area contributed by atoms with Crippen LogP contribution in [0.4, 0.5) is 0 Å². The summed E-state index contributed by atoms with van der Waals surface area (Å²) < 4.78 is 11.4. The summed E-state index contributed by atoms with van der Waals surface area (Å²) in [5.41, 5.74) is 7.18. The van der Waals surface area contributed by atoms with E-state index >= 15 is 0 Å². The van der Waals surface area contributed by atoms with Gasteiger partial charge >= 0.3 is 0 Å². The van der Waals surface area contributed by atoms with Crippen LogP contribution in [0.1, 0.15) is 37.2 Å². The lowest BCUT2D eigenvalue weighted by Crippen LogP contribution is -2.46. The number of benzene rings is 1. The quantitative estimate of drug-likeness (QED) is 0.831. The van der Waals surface area contributed by atoms with Gasteiger partial charge < -0.3 is 15.2 Å². The predicted molar refractivity (Wildman–Crippen MR) is 76.9 cm³/mol. The lowest BCUT2D eigenvalue weighted by atomic mass is 9.73. The second-order valence-corrected chi connectivity index (χ2v) is 5.38. The van der Waals surface area contributed by atoms with Crippen LogP contribution in [-0.4, -0.2) is 26.6 Å². The van der Waals surface area contributed by atoms with Crippen LogP contribution < -0.4 is 5.73 Å². The first-order valence-corrected chi connectivity index (χ1v) is 7.11. The number of rotatable bonds is 5. The topological polar surface area (TPSA) is 44.5 Å². The van der Waals surface area contributed by atoms with Crippen molar-refractivity contribution in [2.75, 3.05) is 20.8 Å². The van der Waals surface area contributed by atoms with Crippen LogP contribution >= 0.6 is 0 Å². The Kier molecular flexibility index (Phi) is 4.97. The van der Waals surface area contributed by atoms with Gasteiger partial charge in [-0.05, 0) is 37.3 Å². The largest absolute Gasteiger partial charge is 0.353 e. The molecule has 0 amide bonds. The molecule has 2 N–H and O–H groups in total. The first-order chi connectivity index (χ1) is 9.25. The van der Waals surface area contributed by atoms with Crippen molar-refractivity contribution < 1.29 is 9.47 Å². The van der Waals surface area contributed by atoms with Crippen molar-refractivity contribution in [2.45, 2.75) is 37.4 Å². The number of methoxy groups -OCH3 is 2. The van der Waals surface area contributed by atoms with Crippen molar-refractivity contribution in [1.82, 2.24) is 0 Å². The molecule has 0 spiro atoms. The summed E-state index contributed by atoms with van der Waals surface area (Å²) in [6, 6.07) is 10.7. The molecule has 1 saturated carbocycles. The van der Waals surface area contributed by atoms with E-state index in [1.807, 2.05) is 0 Å². The Morgan fingerprint density at radius 1 is 1.21 bits per heavy atom. The Morgan fingerprint density at radius 3 is 2.47 bits per heavy atom. The molecule has 1 aliphatic carbocycles. The number of hydrogen-bond donors (Lipinski definition) is 1. The Morgan fingerprint density at radius 2 is 1.89 bits per heavy atom. The van der Waals surface area contributed by atoms with E-state index in [1.54, 1.807) is 14.2 Å². The molecule has 3 nitrogen and oxygen atoms in total. The molecule has 0 heterocycles. The molecule has 0 aliphatic heterocycles. The monoisotopic (exact) mass is 263 g/mol. The minimum absolute atomic E-state index is 0.367. The highest BCUT2D eigenvalue weighted by Gasteiger charge is 2.43. The molecule has 1 aromatic carbocycles. The van der Waals surface area contributed by atoms with Gasteiger partial charge in [-0.1, -0.05) is 30.3 Å². The molecule has 0 saturated heterocycles. The normalized spacial score (nSPS) is 26.3. The van der Waals surface area contributed by atoms with E-state index in [0.29, 0.717) is 18.4 Å². The molecule has 19 heavy (non-hydrogen) atoms. The van der Waals surface area contributed by atoms with Crippen LogP contribution in [0, 0.1) is 5.92 Å². The van der Waals surface area contributed by atoms with Gasteiger partial charge in [0.25, 0.3) is 0 Å². The molecular weight excluding hydrogens is 238 g/mol. The molecule has 2 unspecified atom stereocenters. The molecule has 1 fully saturated rings. The molecule has 1 aromatic rings. The van der Waals surface area contributed by atoms with Gasteiger partial charge in [-0.15, -0.1) is 0 Å². The fourth-order valence-corrected chi connectivity index (χ4v) is 3.41. The molecule has 0 bridgehead atoms. The molecule has 2 rings (SSSR count). The van der Waals surface area contributed by atoms with Gasteiger partial charge in [0.2, 0.25) is 0 Å². The van der Waals surface area contributed by atoms with Crippen LogP contribution in [0.15, 0.2) is 30.3 Å². The van der Waals surface area contributed by atoms with E-state index in [9.17, 15) is 0 Å². The Hall–Kier alpha value is -0.900. The van der Waals surface area contributed by atoms with Crippen LogP contribution in [0.3, 0.4) is 0 Å².